The molecular weight excluding hydrogens is 357 g/mol. The average Bonchev–Trinajstić information content (AvgIpc) is 2.86. The number of aromatic nitrogens is 2. The molecule has 1 aromatic heterocycles. The molecule has 0 aliphatic carbocycles. The van der Waals surface area contributed by atoms with E-state index in [2.05, 4.69) is 64.1 Å². The molecule has 0 saturated carbocycles. The van der Waals surface area contributed by atoms with E-state index < -0.39 is 0 Å². The smallest absolute Gasteiger partial charge is 0.148 e. The number of nitrogens with one attached hydrogen (secondary N) is 1. The number of nitrogens with zero attached hydrogens (tertiary/aromatic N) is 2. The topological polar surface area (TPSA) is 37.8 Å². The van der Waals surface area contributed by atoms with Gasteiger partial charge in [-0.1, -0.05) is 36.5 Å². The Kier molecular flexibility index (Phi) is 5.08. The van der Waals surface area contributed by atoms with E-state index in [0.717, 1.165) is 23.0 Å². The molecule has 1 heterocycles. The van der Waals surface area contributed by atoms with Gasteiger partial charge in [0.15, 0.2) is 0 Å². The Balaban J connectivity index is 2.18. The van der Waals surface area contributed by atoms with Crippen molar-refractivity contribution in [2.24, 2.45) is 0 Å². The van der Waals surface area contributed by atoms with Crippen molar-refractivity contribution in [3.8, 4) is 10.6 Å². The third kappa shape index (κ3) is 3.27. The van der Waals surface area contributed by atoms with E-state index in [1.807, 2.05) is 12.1 Å². The highest BCUT2D eigenvalue weighted by Gasteiger charge is 2.13. The summed E-state index contributed by atoms with van der Waals surface area (Å²) in [5.74, 6) is 0. The maximum atomic E-state index is 4.30. The molecule has 0 amide bonds. The van der Waals surface area contributed by atoms with Crippen LogP contribution in [0, 0.1) is 3.57 Å². The van der Waals surface area contributed by atoms with Crippen molar-refractivity contribution in [1.82, 2.24) is 15.5 Å². The van der Waals surface area contributed by atoms with Crippen LogP contribution in [0.1, 0.15) is 31.3 Å². The molecule has 18 heavy (non-hydrogen) atoms. The van der Waals surface area contributed by atoms with Crippen molar-refractivity contribution in [2.45, 2.75) is 26.3 Å². The molecule has 2 aromatic rings. The van der Waals surface area contributed by atoms with Crippen LogP contribution in [0.2, 0.25) is 0 Å². The van der Waals surface area contributed by atoms with Gasteiger partial charge in [-0.3, -0.25) is 0 Å². The maximum absolute atomic E-state index is 4.30. The highest BCUT2D eigenvalue weighted by molar-refractivity contribution is 14.1. The van der Waals surface area contributed by atoms with E-state index in [4.69, 9.17) is 0 Å². The largest absolute Gasteiger partial charge is 0.308 e. The number of rotatable bonds is 5. The van der Waals surface area contributed by atoms with Crippen molar-refractivity contribution in [2.75, 3.05) is 6.54 Å². The SMILES string of the molecule is CCCNC(C)c1nnc(-c2ccccc2I)s1. The summed E-state index contributed by atoms with van der Waals surface area (Å²) in [5, 5.41) is 14.1. The van der Waals surface area contributed by atoms with Crippen molar-refractivity contribution in [3.05, 3.63) is 32.8 Å². The molecule has 0 aliphatic heterocycles. The fourth-order valence-electron chi connectivity index (χ4n) is 1.60. The van der Waals surface area contributed by atoms with Crippen LogP contribution < -0.4 is 5.32 Å². The minimum atomic E-state index is 0.276. The minimum Gasteiger partial charge on any atom is -0.308 e. The first-order valence-corrected chi connectivity index (χ1v) is 7.93. The first-order chi connectivity index (χ1) is 8.72. The van der Waals surface area contributed by atoms with Gasteiger partial charge in [-0.25, -0.2) is 0 Å². The van der Waals surface area contributed by atoms with Crippen molar-refractivity contribution >= 4 is 33.9 Å². The Morgan fingerprint density at radius 3 is 2.83 bits per heavy atom. The molecule has 1 aromatic carbocycles. The summed E-state index contributed by atoms with van der Waals surface area (Å²) in [6.45, 7) is 5.31. The number of hydrogen-bond donors (Lipinski definition) is 1. The van der Waals surface area contributed by atoms with Crippen LogP contribution in [0.5, 0.6) is 0 Å². The van der Waals surface area contributed by atoms with Gasteiger partial charge in [-0.15, -0.1) is 10.2 Å². The Labute approximate surface area is 125 Å². The molecule has 0 radical (unpaired) electrons. The van der Waals surface area contributed by atoms with Gasteiger partial charge in [0.05, 0.1) is 6.04 Å². The van der Waals surface area contributed by atoms with Gasteiger partial charge >= 0.3 is 0 Å². The van der Waals surface area contributed by atoms with Crippen LogP contribution in [0.15, 0.2) is 24.3 Å². The van der Waals surface area contributed by atoms with E-state index >= 15 is 0 Å². The summed E-state index contributed by atoms with van der Waals surface area (Å²) >= 11 is 4.01. The van der Waals surface area contributed by atoms with Gasteiger partial charge in [0.2, 0.25) is 0 Å². The van der Waals surface area contributed by atoms with Crippen LogP contribution in [0.25, 0.3) is 10.6 Å². The molecule has 3 nitrogen and oxygen atoms in total. The molecule has 0 aliphatic rings. The standard InChI is InChI=1S/C13H16IN3S/c1-3-8-15-9(2)12-16-17-13(18-12)10-6-4-5-7-11(10)14/h4-7,9,15H,3,8H2,1-2H3. The van der Waals surface area contributed by atoms with Crippen molar-refractivity contribution < 1.29 is 0 Å². The summed E-state index contributed by atoms with van der Waals surface area (Å²) < 4.78 is 1.21. The fourth-order valence-corrected chi connectivity index (χ4v) is 3.34. The second kappa shape index (κ2) is 6.58. The lowest BCUT2D eigenvalue weighted by atomic mass is 10.2. The zero-order chi connectivity index (χ0) is 13.0. The molecule has 1 atom stereocenters. The lowest BCUT2D eigenvalue weighted by Gasteiger charge is -2.08. The van der Waals surface area contributed by atoms with Gasteiger partial charge < -0.3 is 5.32 Å². The van der Waals surface area contributed by atoms with Gasteiger partial charge in [-0.2, -0.15) is 0 Å². The monoisotopic (exact) mass is 373 g/mol. The average molecular weight is 373 g/mol. The third-order valence-corrected chi connectivity index (χ3v) is 4.70. The van der Waals surface area contributed by atoms with Crippen LogP contribution in [0.3, 0.4) is 0 Å². The normalized spacial score (nSPS) is 12.6. The van der Waals surface area contributed by atoms with E-state index in [9.17, 15) is 0 Å². The Morgan fingerprint density at radius 2 is 2.11 bits per heavy atom. The predicted octanol–water partition coefficient (Wildman–Crippen LogP) is 3.87. The minimum absolute atomic E-state index is 0.276. The molecule has 0 bridgehead atoms. The highest BCUT2D eigenvalue weighted by atomic mass is 127. The third-order valence-electron chi connectivity index (χ3n) is 2.62. The zero-order valence-electron chi connectivity index (χ0n) is 10.5. The molecule has 96 valence electrons. The first-order valence-electron chi connectivity index (χ1n) is 6.04. The summed E-state index contributed by atoms with van der Waals surface area (Å²) in [4.78, 5) is 0. The predicted molar refractivity (Wildman–Crippen MR) is 84.8 cm³/mol. The second-order valence-corrected chi connectivity index (χ2v) is 6.27. The number of halogens is 1. The molecular formula is C13H16IN3S. The summed E-state index contributed by atoms with van der Waals surface area (Å²) in [5.41, 5.74) is 1.17. The van der Waals surface area contributed by atoms with Gasteiger partial charge in [0, 0.05) is 9.13 Å². The quantitative estimate of drug-likeness (QED) is 0.809. The molecule has 0 saturated heterocycles. The summed E-state index contributed by atoms with van der Waals surface area (Å²) in [6.07, 6.45) is 1.13. The van der Waals surface area contributed by atoms with Gasteiger partial charge in [0.1, 0.15) is 10.0 Å². The Morgan fingerprint density at radius 1 is 1.33 bits per heavy atom. The molecule has 0 spiro atoms. The molecule has 2 rings (SSSR count). The van der Waals surface area contributed by atoms with Crippen molar-refractivity contribution in [1.29, 1.82) is 0 Å². The fraction of sp³-hybridized carbons (Fsp3) is 0.385. The zero-order valence-corrected chi connectivity index (χ0v) is 13.5. The molecule has 1 N–H and O–H groups in total. The summed E-state index contributed by atoms with van der Waals surface area (Å²) in [7, 11) is 0. The lowest BCUT2D eigenvalue weighted by molar-refractivity contribution is 0.564. The molecule has 5 heteroatoms. The van der Waals surface area contributed by atoms with Crippen molar-refractivity contribution in [3.63, 3.8) is 0 Å². The summed E-state index contributed by atoms with van der Waals surface area (Å²) in [6, 6.07) is 8.54. The van der Waals surface area contributed by atoms with E-state index in [-0.39, 0.29) is 6.04 Å². The first kappa shape index (κ1) is 13.9. The van der Waals surface area contributed by atoms with Gasteiger partial charge in [0.25, 0.3) is 0 Å². The van der Waals surface area contributed by atoms with Crippen LogP contribution in [0.4, 0.5) is 0 Å². The van der Waals surface area contributed by atoms with E-state index in [0.29, 0.717) is 0 Å². The molecule has 1 unspecified atom stereocenters. The highest BCUT2D eigenvalue weighted by Crippen LogP contribution is 2.29. The second-order valence-electron chi connectivity index (χ2n) is 4.10. The van der Waals surface area contributed by atoms with Crippen LogP contribution in [-0.2, 0) is 0 Å². The maximum Gasteiger partial charge on any atom is 0.148 e. The lowest BCUT2D eigenvalue weighted by Crippen LogP contribution is -2.18. The molecule has 0 fully saturated rings. The van der Waals surface area contributed by atoms with E-state index in [1.165, 1.54) is 9.13 Å². The number of benzene rings is 1. The Bertz CT molecular complexity index is 512. The van der Waals surface area contributed by atoms with Gasteiger partial charge in [-0.05, 0) is 48.5 Å². The van der Waals surface area contributed by atoms with Crippen LogP contribution in [-0.4, -0.2) is 16.7 Å². The van der Waals surface area contributed by atoms with Crippen LogP contribution >= 0.6 is 33.9 Å². The number of hydrogen-bond acceptors (Lipinski definition) is 4. The van der Waals surface area contributed by atoms with E-state index in [1.54, 1.807) is 11.3 Å². The Hall–Kier alpha value is -0.530.